The molecule has 1 aromatic rings. The first-order chi connectivity index (χ1) is 9.15. The van der Waals surface area contributed by atoms with Gasteiger partial charge in [0.2, 0.25) is 0 Å². The van der Waals surface area contributed by atoms with Crippen LogP contribution in [0.1, 0.15) is 30.1 Å². The molecule has 1 atom stereocenters. The van der Waals surface area contributed by atoms with E-state index in [1.807, 2.05) is 6.92 Å². The van der Waals surface area contributed by atoms with Gasteiger partial charge in [-0.2, -0.15) is 0 Å². The number of ether oxygens (including phenoxy) is 1. The van der Waals surface area contributed by atoms with Crippen molar-refractivity contribution >= 4 is 5.97 Å². The van der Waals surface area contributed by atoms with E-state index in [0.29, 0.717) is 25.3 Å². The summed E-state index contributed by atoms with van der Waals surface area (Å²) < 4.78 is 5.43. The van der Waals surface area contributed by atoms with E-state index in [1.54, 1.807) is 18.2 Å². The van der Waals surface area contributed by atoms with Crippen LogP contribution in [0.4, 0.5) is 0 Å². The largest absolute Gasteiger partial charge is 0.491 e. The first-order valence-electron chi connectivity index (χ1n) is 6.49. The predicted octanol–water partition coefficient (Wildman–Crippen LogP) is 1.51. The van der Waals surface area contributed by atoms with Crippen molar-refractivity contribution in [3.8, 4) is 5.75 Å². The Kier molecular flexibility index (Phi) is 6.92. The molecule has 0 radical (unpaired) electrons. The van der Waals surface area contributed by atoms with E-state index >= 15 is 0 Å². The number of carboxylic acid groups (broad SMARTS) is 1. The topological polar surface area (TPSA) is 78.8 Å². The van der Waals surface area contributed by atoms with E-state index < -0.39 is 5.97 Å². The zero-order valence-corrected chi connectivity index (χ0v) is 11.1. The van der Waals surface area contributed by atoms with Crippen molar-refractivity contribution in [3.05, 3.63) is 29.8 Å². The van der Waals surface area contributed by atoms with Crippen molar-refractivity contribution in [2.24, 2.45) is 0 Å². The molecule has 0 aliphatic rings. The molecular formula is C14H21NO4. The monoisotopic (exact) mass is 267 g/mol. The van der Waals surface area contributed by atoms with E-state index in [-0.39, 0.29) is 11.7 Å². The lowest BCUT2D eigenvalue weighted by molar-refractivity contribution is 0.0692. The number of benzene rings is 1. The standard InChI is InChI=1S/C14H21NO4/c1-2-11(16)7-8-15-9-10-19-13-6-4-3-5-12(13)14(17)18/h3-6,11,15-16H,2,7-10H2,1H3,(H,17,18). The van der Waals surface area contributed by atoms with Crippen LogP contribution in [0.2, 0.25) is 0 Å². The molecule has 0 fully saturated rings. The lowest BCUT2D eigenvalue weighted by Gasteiger charge is -2.11. The van der Waals surface area contributed by atoms with Gasteiger partial charge in [0.25, 0.3) is 0 Å². The zero-order chi connectivity index (χ0) is 14.1. The Morgan fingerprint density at radius 1 is 1.37 bits per heavy atom. The molecule has 5 heteroatoms. The smallest absolute Gasteiger partial charge is 0.339 e. The van der Waals surface area contributed by atoms with Gasteiger partial charge in [0.05, 0.1) is 6.10 Å². The number of carbonyl (C=O) groups is 1. The van der Waals surface area contributed by atoms with Crippen LogP contribution in [0.25, 0.3) is 0 Å². The number of nitrogens with one attached hydrogen (secondary N) is 1. The van der Waals surface area contributed by atoms with E-state index in [2.05, 4.69) is 5.32 Å². The summed E-state index contributed by atoms with van der Waals surface area (Å²) in [6, 6.07) is 6.57. The minimum absolute atomic E-state index is 0.170. The minimum Gasteiger partial charge on any atom is -0.491 e. The summed E-state index contributed by atoms with van der Waals surface area (Å²) in [4.78, 5) is 10.9. The maximum Gasteiger partial charge on any atom is 0.339 e. The van der Waals surface area contributed by atoms with Gasteiger partial charge in [-0.1, -0.05) is 19.1 Å². The Morgan fingerprint density at radius 2 is 2.11 bits per heavy atom. The van der Waals surface area contributed by atoms with Gasteiger partial charge in [-0.3, -0.25) is 0 Å². The minimum atomic E-state index is -0.991. The van der Waals surface area contributed by atoms with Crippen LogP contribution in [0.3, 0.4) is 0 Å². The molecule has 3 N–H and O–H groups in total. The van der Waals surface area contributed by atoms with Gasteiger partial charge >= 0.3 is 5.97 Å². The second kappa shape index (κ2) is 8.50. The van der Waals surface area contributed by atoms with Gasteiger partial charge in [-0.25, -0.2) is 4.79 Å². The fourth-order valence-corrected chi connectivity index (χ4v) is 1.60. The lowest BCUT2D eigenvalue weighted by Crippen LogP contribution is -2.25. The molecule has 1 aromatic carbocycles. The number of para-hydroxylation sites is 1. The highest BCUT2D eigenvalue weighted by Crippen LogP contribution is 2.17. The fourth-order valence-electron chi connectivity index (χ4n) is 1.60. The molecule has 0 bridgehead atoms. The van der Waals surface area contributed by atoms with Crippen molar-refractivity contribution in [2.75, 3.05) is 19.7 Å². The normalized spacial score (nSPS) is 12.1. The molecule has 0 spiro atoms. The number of aliphatic hydroxyl groups is 1. The van der Waals surface area contributed by atoms with E-state index in [9.17, 15) is 9.90 Å². The first-order valence-corrected chi connectivity index (χ1v) is 6.49. The Labute approximate surface area is 113 Å². The van der Waals surface area contributed by atoms with Gasteiger partial charge < -0.3 is 20.3 Å². The van der Waals surface area contributed by atoms with Gasteiger partial charge in [-0.05, 0) is 31.5 Å². The quantitative estimate of drug-likeness (QED) is 0.591. The van der Waals surface area contributed by atoms with E-state index in [4.69, 9.17) is 9.84 Å². The summed E-state index contributed by atoms with van der Waals surface area (Å²) in [5.74, 6) is -0.611. The molecule has 0 aromatic heterocycles. The second-order valence-corrected chi connectivity index (χ2v) is 4.25. The van der Waals surface area contributed by atoms with Crippen molar-refractivity contribution in [2.45, 2.75) is 25.9 Å². The van der Waals surface area contributed by atoms with Gasteiger partial charge in [-0.15, -0.1) is 0 Å². The summed E-state index contributed by atoms with van der Waals surface area (Å²) in [7, 11) is 0. The third-order valence-corrected chi connectivity index (χ3v) is 2.78. The molecule has 1 unspecified atom stereocenters. The number of rotatable bonds is 9. The molecule has 0 heterocycles. The van der Waals surface area contributed by atoms with Crippen LogP contribution in [0, 0.1) is 0 Å². The highest BCUT2D eigenvalue weighted by molar-refractivity contribution is 5.90. The van der Waals surface area contributed by atoms with Crippen LogP contribution in [0.15, 0.2) is 24.3 Å². The number of aliphatic hydroxyl groups excluding tert-OH is 1. The molecule has 5 nitrogen and oxygen atoms in total. The van der Waals surface area contributed by atoms with Crippen molar-refractivity contribution < 1.29 is 19.7 Å². The SMILES string of the molecule is CCC(O)CCNCCOc1ccccc1C(=O)O. The van der Waals surface area contributed by atoms with Crippen LogP contribution >= 0.6 is 0 Å². The maximum atomic E-state index is 10.9. The second-order valence-electron chi connectivity index (χ2n) is 4.25. The Morgan fingerprint density at radius 3 is 2.79 bits per heavy atom. The van der Waals surface area contributed by atoms with Crippen molar-refractivity contribution in [1.29, 1.82) is 0 Å². The van der Waals surface area contributed by atoms with Crippen molar-refractivity contribution in [1.82, 2.24) is 5.32 Å². The lowest BCUT2D eigenvalue weighted by atomic mass is 10.2. The third-order valence-electron chi connectivity index (χ3n) is 2.78. The van der Waals surface area contributed by atoms with Crippen LogP contribution in [-0.4, -0.2) is 42.0 Å². The summed E-state index contributed by atoms with van der Waals surface area (Å²) >= 11 is 0. The molecule has 0 aliphatic carbocycles. The van der Waals surface area contributed by atoms with Gasteiger partial charge in [0, 0.05) is 6.54 Å². The average molecular weight is 267 g/mol. The number of aromatic carboxylic acids is 1. The zero-order valence-electron chi connectivity index (χ0n) is 11.1. The molecule has 1 rings (SSSR count). The predicted molar refractivity (Wildman–Crippen MR) is 72.7 cm³/mol. The van der Waals surface area contributed by atoms with Crippen LogP contribution < -0.4 is 10.1 Å². The Hall–Kier alpha value is -1.59. The fraction of sp³-hybridized carbons (Fsp3) is 0.500. The molecule has 0 saturated carbocycles. The van der Waals surface area contributed by atoms with Gasteiger partial charge in [0.15, 0.2) is 0 Å². The molecular weight excluding hydrogens is 246 g/mol. The first kappa shape index (κ1) is 15.5. The van der Waals surface area contributed by atoms with Crippen LogP contribution in [0.5, 0.6) is 5.75 Å². The maximum absolute atomic E-state index is 10.9. The van der Waals surface area contributed by atoms with Crippen LogP contribution in [-0.2, 0) is 0 Å². The molecule has 106 valence electrons. The Bertz CT molecular complexity index is 395. The highest BCUT2D eigenvalue weighted by Gasteiger charge is 2.09. The van der Waals surface area contributed by atoms with E-state index in [0.717, 1.165) is 13.0 Å². The average Bonchev–Trinajstić information content (AvgIpc) is 2.42. The van der Waals surface area contributed by atoms with Gasteiger partial charge in [0.1, 0.15) is 17.9 Å². The number of hydrogen-bond donors (Lipinski definition) is 3. The highest BCUT2D eigenvalue weighted by atomic mass is 16.5. The third kappa shape index (κ3) is 5.72. The van der Waals surface area contributed by atoms with E-state index in [1.165, 1.54) is 6.07 Å². The number of carboxylic acids is 1. The Balaban J connectivity index is 2.24. The molecule has 0 amide bonds. The molecule has 19 heavy (non-hydrogen) atoms. The number of hydrogen-bond acceptors (Lipinski definition) is 4. The summed E-state index contributed by atoms with van der Waals surface area (Å²) in [6.07, 6.45) is 1.20. The summed E-state index contributed by atoms with van der Waals surface area (Å²) in [6.45, 7) is 3.67. The van der Waals surface area contributed by atoms with Crippen molar-refractivity contribution in [3.63, 3.8) is 0 Å². The summed E-state index contributed by atoms with van der Waals surface area (Å²) in [5, 5.41) is 21.5. The molecule has 0 aliphatic heterocycles. The summed E-state index contributed by atoms with van der Waals surface area (Å²) in [5.41, 5.74) is 0.170. The molecule has 0 saturated heterocycles.